The number of nitrogens with zero attached hydrogens (tertiary/aromatic N) is 2. The summed E-state index contributed by atoms with van der Waals surface area (Å²) >= 11 is 0. The molecule has 0 N–H and O–H groups in total. The van der Waals surface area contributed by atoms with E-state index in [9.17, 15) is 14.9 Å². The largest absolute Gasteiger partial charge is 0.402 e. The first-order chi connectivity index (χ1) is 11.1. The Kier molecular flexibility index (Phi) is 3.72. The minimum absolute atomic E-state index is 0.0407. The van der Waals surface area contributed by atoms with E-state index in [1.807, 2.05) is 18.2 Å². The van der Waals surface area contributed by atoms with Gasteiger partial charge in [-0.3, -0.25) is 10.1 Å². The summed E-state index contributed by atoms with van der Waals surface area (Å²) in [5.41, 5.74) is 1.90. The number of benzene rings is 2. The Bertz CT molecular complexity index is 854. The van der Waals surface area contributed by atoms with Gasteiger partial charge >= 0.3 is 5.97 Å². The minimum Gasteiger partial charge on any atom is -0.402 e. The Labute approximate surface area is 131 Å². The highest BCUT2D eigenvalue weighted by molar-refractivity contribution is 6.14. The van der Waals surface area contributed by atoms with Crippen molar-refractivity contribution >= 4 is 23.1 Å². The van der Waals surface area contributed by atoms with Gasteiger partial charge in [0.2, 0.25) is 5.90 Å². The standard InChI is InChI=1S/C17H12N2O4/c1-11(13-8-5-9-14(10-13)19(21)22)15-17(20)23-16(18-15)12-6-3-2-4-7-12/h2-10H,1H3. The second-order valence-electron chi connectivity index (χ2n) is 4.95. The Morgan fingerprint density at radius 2 is 1.87 bits per heavy atom. The molecule has 0 fully saturated rings. The average Bonchev–Trinajstić information content (AvgIpc) is 2.97. The van der Waals surface area contributed by atoms with Gasteiger partial charge in [0.1, 0.15) is 0 Å². The number of aliphatic imine (C=N–C) groups is 1. The molecule has 0 saturated heterocycles. The molecule has 23 heavy (non-hydrogen) atoms. The number of ether oxygens (including phenoxy) is 1. The Hall–Kier alpha value is -3.28. The van der Waals surface area contributed by atoms with E-state index >= 15 is 0 Å². The molecular formula is C17H12N2O4. The Balaban J connectivity index is 2.03. The zero-order valence-electron chi connectivity index (χ0n) is 12.2. The van der Waals surface area contributed by atoms with Crippen LogP contribution in [0.25, 0.3) is 5.57 Å². The number of non-ortho nitro benzene ring substituents is 1. The number of allylic oxidation sites excluding steroid dienone is 1. The van der Waals surface area contributed by atoms with Crippen LogP contribution in [-0.4, -0.2) is 16.8 Å². The lowest BCUT2D eigenvalue weighted by atomic mass is 10.0. The zero-order chi connectivity index (χ0) is 16.4. The summed E-state index contributed by atoms with van der Waals surface area (Å²) in [7, 11) is 0. The van der Waals surface area contributed by atoms with Crippen molar-refractivity contribution in [2.24, 2.45) is 4.99 Å². The first-order valence-electron chi connectivity index (χ1n) is 6.88. The lowest BCUT2D eigenvalue weighted by Crippen LogP contribution is -2.05. The summed E-state index contributed by atoms with van der Waals surface area (Å²) in [6.45, 7) is 1.69. The van der Waals surface area contributed by atoms with Gasteiger partial charge < -0.3 is 4.74 Å². The third kappa shape index (κ3) is 2.87. The monoisotopic (exact) mass is 308 g/mol. The van der Waals surface area contributed by atoms with Crippen molar-refractivity contribution in [2.45, 2.75) is 6.92 Å². The van der Waals surface area contributed by atoms with Gasteiger partial charge in [-0.2, -0.15) is 0 Å². The number of hydrogen-bond donors (Lipinski definition) is 0. The zero-order valence-corrected chi connectivity index (χ0v) is 12.2. The molecule has 1 aliphatic rings. The summed E-state index contributed by atoms with van der Waals surface area (Å²) in [4.78, 5) is 26.7. The molecule has 0 spiro atoms. The third-order valence-corrected chi connectivity index (χ3v) is 3.46. The minimum atomic E-state index is -0.562. The maximum Gasteiger partial charge on any atom is 0.364 e. The van der Waals surface area contributed by atoms with Crippen LogP contribution in [0.5, 0.6) is 0 Å². The highest BCUT2D eigenvalue weighted by atomic mass is 16.6. The molecule has 0 aromatic heterocycles. The normalized spacial score (nSPS) is 15.9. The van der Waals surface area contributed by atoms with Crippen molar-refractivity contribution in [1.82, 2.24) is 0 Å². The summed E-state index contributed by atoms with van der Waals surface area (Å²) in [5, 5.41) is 10.9. The van der Waals surface area contributed by atoms with Gasteiger partial charge in [-0.25, -0.2) is 9.79 Å². The summed E-state index contributed by atoms with van der Waals surface area (Å²) in [6, 6.07) is 15.1. The molecule has 1 aliphatic heterocycles. The summed E-state index contributed by atoms with van der Waals surface area (Å²) in [5.74, 6) is -0.330. The number of rotatable bonds is 3. The highest BCUT2D eigenvalue weighted by Crippen LogP contribution is 2.27. The fourth-order valence-electron chi connectivity index (χ4n) is 2.24. The van der Waals surface area contributed by atoms with E-state index < -0.39 is 10.9 Å². The van der Waals surface area contributed by atoms with Crippen LogP contribution in [0.1, 0.15) is 18.1 Å². The molecule has 0 saturated carbocycles. The molecule has 1 heterocycles. The lowest BCUT2D eigenvalue weighted by Gasteiger charge is -2.02. The molecule has 2 aromatic carbocycles. The van der Waals surface area contributed by atoms with Gasteiger partial charge in [-0.15, -0.1) is 0 Å². The van der Waals surface area contributed by atoms with Crippen LogP contribution < -0.4 is 0 Å². The topological polar surface area (TPSA) is 81.8 Å². The lowest BCUT2D eigenvalue weighted by molar-refractivity contribution is -0.384. The maximum absolute atomic E-state index is 12.1. The Morgan fingerprint density at radius 3 is 2.57 bits per heavy atom. The molecule has 3 rings (SSSR count). The summed E-state index contributed by atoms with van der Waals surface area (Å²) in [6.07, 6.45) is 0. The van der Waals surface area contributed by atoms with Crippen LogP contribution >= 0.6 is 0 Å². The van der Waals surface area contributed by atoms with E-state index in [1.54, 1.807) is 31.2 Å². The molecule has 0 unspecified atom stereocenters. The van der Waals surface area contributed by atoms with Gasteiger partial charge in [0, 0.05) is 17.7 Å². The van der Waals surface area contributed by atoms with E-state index in [0.29, 0.717) is 16.7 Å². The fraction of sp³-hybridized carbons (Fsp3) is 0.0588. The number of nitro groups is 1. The predicted molar refractivity (Wildman–Crippen MR) is 84.8 cm³/mol. The van der Waals surface area contributed by atoms with Crippen LogP contribution in [0.2, 0.25) is 0 Å². The first kappa shape index (κ1) is 14.6. The van der Waals surface area contributed by atoms with Crippen molar-refractivity contribution in [1.29, 1.82) is 0 Å². The summed E-state index contributed by atoms with van der Waals surface area (Å²) < 4.78 is 5.20. The van der Waals surface area contributed by atoms with Crippen molar-refractivity contribution in [3.63, 3.8) is 0 Å². The van der Waals surface area contributed by atoms with Crippen LogP contribution in [-0.2, 0) is 9.53 Å². The Morgan fingerprint density at radius 1 is 1.13 bits per heavy atom. The van der Waals surface area contributed by atoms with Crippen LogP contribution in [0.4, 0.5) is 5.69 Å². The number of carbonyl (C=O) groups excluding carboxylic acids is 1. The van der Waals surface area contributed by atoms with Crippen molar-refractivity contribution < 1.29 is 14.5 Å². The van der Waals surface area contributed by atoms with Crippen LogP contribution in [0.3, 0.4) is 0 Å². The molecule has 2 aromatic rings. The number of carbonyl (C=O) groups is 1. The average molecular weight is 308 g/mol. The molecule has 114 valence electrons. The van der Waals surface area contributed by atoms with Gasteiger partial charge in [0.15, 0.2) is 5.70 Å². The molecule has 0 atom stereocenters. The van der Waals surface area contributed by atoms with E-state index in [4.69, 9.17) is 4.74 Å². The van der Waals surface area contributed by atoms with Crippen LogP contribution in [0.15, 0.2) is 65.3 Å². The van der Waals surface area contributed by atoms with Gasteiger partial charge in [-0.05, 0) is 30.2 Å². The number of hydrogen-bond acceptors (Lipinski definition) is 5. The third-order valence-electron chi connectivity index (χ3n) is 3.46. The molecule has 0 bridgehead atoms. The van der Waals surface area contributed by atoms with Crippen molar-refractivity contribution in [3.05, 3.63) is 81.5 Å². The molecular weight excluding hydrogens is 296 g/mol. The second-order valence-corrected chi connectivity index (χ2v) is 4.95. The molecule has 0 radical (unpaired) electrons. The van der Waals surface area contributed by atoms with E-state index in [0.717, 1.165) is 0 Å². The smallest absolute Gasteiger partial charge is 0.364 e. The molecule has 6 heteroatoms. The molecule has 0 amide bonds. The van der Waals surface area contributed by atoms with Gasteiger partial charge in [0.05, 0.1) is 4.92 Å². The number of cyclic esters (lactones) is 1. The molecule has 6 nitrogen and oxygen atoms in total. The predicted octanol–water partition coefficient (Wildman–Crippen LogP) is 3.33. The maximum atomic E-state index is 12.1. The number of nitro benzene ring substituents is 1. The van der Waals surface area contributed by atoms with E-state index in [1.165, 1.54) is 12.1 Å². The number of esters is 1. The first-order valence-corrected chi connectivity index (χ1v) is 6.88. The SMILES string of the molecule is CC(=C1N=C(c2ccccc2)OC1=O)c1cccc([N+](=O)[O-])c1. The quantitative estimate of drug-likeness (QED) is 0.377. The van der Waals surface area contributed by atoms with E-state index in [-0.39, 0.29) is 17.3 Å². The van der Waals surface area contributed by atoms with Crippen molar-refractivity contribution in [2.75, 3.05) is 0 Å². The fourth-order valence-corrected chi connectivity index (χ4v) is 2.24. The van der Waals surface area contributed by atoms with Crippen LogP contribution in [0, 0.1) is 10.1 Å². The van der Waals surface area contributed by atoms with Gasteiger partial charge in [-0.1, -0.05) is 30.3 Å². The highest BCUT2D eigenvalue weighted by Gasteiger charge is 2.26. The van der Waals surface area contributed by atoms with Gasteiger partial charge in [0.25, 0.3) is 5.69 Å². The van der Waals surface area contributed by atoms with E-state index in [2.05, 4.69) is 4.99 Å². The van der Waals surface area contributed by atoms with Crippen molar-refractivity contribution in [3.8, 4) is 0 Å². The molecule has 0 aliphatic carbocycles. The second kappa shape index (κ2) is 5.84.